The first-order chi connectivity index (χ1) is 9.38. The van der Waals surface area contributed by atoms with E-state index in [2.05, 4.69) is 15.3 Å². The first-order valence-corrected chi connectivity index (χ1v) is 6.93. The minimum atomic E-state index is 0.635. The zero-order valence-electron chi connectivity index (χ0n) is 10.5. The van der Waals surface area contributed by atoms with E-state index in [1.54, 1.807) is 17.7 Å². The van der Waals surface area contributed by atoms with E-state index >= 15 is 0 Å². The van der Waals surface area contributed by atoms with Crippen LogP contribution in [0.25, 0.3) is 10.2 Å². The lowest BCUT2D eigenvalue weighted by molar-refractivity contribution is 0.342. The Hall–Kier alpha value is -2.14. The van der Waals surface area contributed by atoms with E-state index in [9.17, 15) is 0 Å². The molecule has 19 heavy (non-hydrogen) atoms. The molecule has 0 unspecified atom stereocenters. The molecular formula is C14H13N3OS. The van der Waals surface area contributed by atoms with E-state index in [0.29, 0.717) is 6.61 Å². The SMILES string of the molecule is CCOc1ccccc1Nc1ncnc2sccc12. The van der Waals surface area contributed by atoms with Crippen LogP contribution in [-0.2, 0) is 0 Å². The summed E-state index contributed by atoms with van der Waals surface area (Å²) >= 11 is 1.60. The second-order valence-electron chi connectivity index (χ2n) is 3.92. The molecule has 3 aromatic rings. The Morgan fingerprint density at radius 3 is 3.00 bits per heavy atom. The van der Waals surface area contributed by atoms with Crippen molar-refractivity contribution in [2.24, 2.45) is 0 Å². The van der Waals surface area contributed by atoms with Gasteiger partial charge in [0.2, 0.25) is 0 Å². The van der Waals surface area contributed by atoms with Crippen LogP contribution in [-0.4, -0.2) is 16.6 Å². The Morgan fingerprint density at radius 1 is 1.21 bits per heavy atom. The second-order valence-corrected chi connectivity index (χ2v) is 4.81. The third-order valence-corrected chi connectivity index (χ3v) is 3.52. The van der Waals surface area contributed by atoms with Crippen molar-refractivity contribution in [1.29, 1.82) is 0 Å². The van der Waals surface area contributed by atoms with Crippen molar-refractivity contribution >= 4 is 33.1 Å². The van der Waals surface area contributed by atoms with Gasteiger partial charge >= 0.3 is 0 Å². The second kappa shape index (κ2) is 5.24. The number of ether oxygens (including phenoxy) is 1. The van der Waals surface area contributed by atoms with Gasteiger partial charge in [0.15, 0.2) is 0 Å². The highest BCUT2D eigenvalue weighted by atomic mass is 32.1. The predicted octanol–water partition coefficient (Wildman–Crippen LogP) is 3.83. The number of rotatable bonds is 4. The molecule has 5 heteroatoms. The maximum absolute atomic E-state index is 5.60. The summed E-state index contributed by atoms with van der Waals surface area (Å²) in [6.45, 7) is 2.61. The van der Waals surface area contributed by atoms with Crippen LogP contribution in [0, 0.1) is 0 Å². The predicted molar refractivity (Wildman–Crippen MR) is 78.3 cm³/mol. The zero-order valence-corrected chi connectivity index (χ0v) is 11.3. The summed E-state index contributed by atoms with van der Waals surface area (Å²) in [5, 5.41) is 6.36. The van der Waals surface area contributed by atoms with Crippen LogP contribution in [0.4, 0.5) is 11.5 Å². The third-order valence-electron chi connectivity index (χ3n) is 2.70. The average molecular weight is 271 g/mol. The van der Waals surface area contributed by atoms with E-state index in [-0.39, 0.29) is 0 Å². The number of fused-ring (bicyclic) bond motifs is 1. The molecular weight excluding hydrogens is 258 g/mol. The number of nitrogens with one attached hydrogen (secondary N) is 1. The number of nitrogens with zero attached hydrogens (tertiary/aromatic N) is 2. The molecule has 0 radical (unpaired) electrons. The molecule has 1 N–H and O–H groups in total. The van der Waals surface area contributed by atoms with Crippen LogP contribution < -0.4 is 10.1 Å². The summed E-state index contributed by atoms with van der Waals surface area (Å²) < 4.78 is 5.60. The van der Waals surface area contributed by atoms with E-state index in [4.69, 9.17) is 4.74 Å². The van der Waals surface area contributed by atoms with Crippen LogP contribution >= 0.6 is 11.3 Å². The van der Waals surface area contributed by atoms with Gasteiger partial charge in [0.25, 0.3) is 0 Å². The van der Waals surface area contributed by atoms with E-state index in [0.717, 1.165) is 27.5 Å². The van der Waals surface area contributed by atoms with Gasteiger partial charge in [-0.05, 0) is 30.5 Å². The maximum Gasteiger partial charge on any atom is 0.142 e. The Kier molecular flexibility index (Phi) is 3.29. The molecule has 2 heterocycles. The van der Waals surface area contributed by atoms with Gasteiger partial charge in [-0.3, -0.25) is 0 Å². The quantitative estimate of drug-likeness (QED) is 0.783. The van der Waals surface area contributed by atoms with Crippen molar-refractivity contribution < 1.29 is 4.74 Å². The van der Waals surface area contributed by atoms with Gasteiger partial charge in [0.1, 0.15) is 22.7 Å². The third kappa shape index (κ3) is 2.37. The Balaban J connectivity index is 1.99. The van der Waals surface area contributed by atoms with Crippen molar-refractivity contribution in [2.45, 2.75) is 6.92 Å². The molecule has 1 aromatic carbocycles. The molecule has 4 nitrogen and oxygen atoms in total. The Labute approximate surface area is 115 Å². The number of hydrogen-bond donors (Lipinski definition) is 1. The summed E-state index contributed by atoms with van der Waals surface area (Å²) in [7, 11) is 0. The fraction of sp³-hybridized carbons (Fsp3) is 0.143. The number of para-hydroxylation sites is 2. The summed E-state index contributed by atoms with van der Waals surface area (Å²) in [6, 6.07) is 9.86. The summed E-state index contributed by atoms with van der Waals surface area (Å²) in [6.07, 6.45) is 1.57. The number of aromatic nitrogens is 2. The largest absolute Gasteiger partial charge is 0.492 e. The smallest absolute Gasteiger partial charge is 0.142 e. The van der Waals surface area contributed by atoms with Crippen molar-refractivity contribution in [2.75, 3.05) is 11.9 Å². The van der Waals surface area contributed by atoms with Gasteiger partial charge in [-0.2, -0.15) is 0 Å². The molecule has 0 saturated carbocycles. The molecule has 0 aliphatic carbocycles. The van der Waals surface area contributed by atoms with Gasteiger partial charge in [-0.15, -0.1) is 11.3 Å². The monoisotopic (exact) mass is 271 g/mol. The highest BCUT2D eigenvalue weighted by Gasteiger charge is 2.07. The van der Waals surface area contributed by atoms with Gasteiger partial charge in [-0.25, -0.2) is 9.97 Å². The number of benzene rings is 1. The minimum Gasteiger partial charge on any atom is -0.492 e. The number of thiophene rings is 1. The average Bonchev–Trinajstić information content (AvgIpc) is 2.91. The summed E-state index contributed by atoms with van der Waals surface area (Å²) in [4.78, 5) is 9.52. The summed E-state index contributed by atoms with van der Waals surface area (Å²) in [5.41, 5.74) is 0.913. The van der Waals surface area contributed by atoms with E-state index in [1.165, 1.54) is 0 Å². The lowest BCUT2D eigenvalue weighted by atomic mass is 10.3. The molecule has 0 amide bonds. The highest BCUT2D eigenvalue weighted by molar-refractivity contribution is 7.16. The topological polar surface area (TPSA) is 47.0 Å². The summed E-state index contributed by atoms with van der Waals surface area (Å²) in [5.74, 6) is 1.63. The van der Waals surface area contributed by atoms with Crippen molar-refractivity contribution in [3.05, 3.63) is 42.0 Å². The van der Waals surface area contributed by atoms with E-state index < -0.39 is 0 Å². The van der Waals surface area contributed by atoms with Crippen molar-refractivity contribution in [1.82, 2.24) is 9.97 Å². The molecule has 0 fully saturated rings. The number of anilines is 2. The standard InChI is InChI=1S/C14H13N3OS/c1-2-18-12-6-4-3-5-11(12)17-13-10-7-8-19-14(10)16-9-15-13/h3-9H,2H2,1H3,(H,15,16,17). The first kappa shape index (κ1) is 11.9. The molecule has 3 rings (SSSR count). The maximum atomic E-state index is 5.60. The molecule has 2 aromatic heterocycles. The van der Waals surface area contributed by atoms with Gasteiger partial charge in [-0.1, -0.05) is 12.1 Å². The molecule has 0 spiro atoms. The normalized spacial score (nSPS) is 10.6. The molecule has 0 atom stereocenters. The van der Waals surface area contributed by atoms with Gasteiger partial charge in [0.05, 0.1) is 17.7 Å². The molecule has 0 aliphatic rings. The lowest BCUT2D eigenvalue weighted by Gasteiger charge is -2.11. The fourth-order valence-corrected chi connectivity index (χ4v) is 2.60. The van der Waals surface area contributed by atoms with Crippen molar-refractivity contribution in [3.8, 4) is 5.75 Å². The van der Waals surface area contributed by atoms with Crippen LogP contribution in [0.2, 0.25) is 0 Å². The van der Waals surface area contributed by atoms with E-state index in [1.807, 2.05) is 42.6 Å². The van der Waals surface area contributed by atoms with Crippen LogP contribution in [0.3, 0.4) is 0 Å². The Morgan fingerprint density at radius 2 is 2.11 bits per heavy atom. The van der Waals surface area contributed by atoms with Crippen LogP contribution in [0.1, 0.15) is 6.92 Å². The number of hydrogen-bond acceptors (Lipinski definition) is 5. The zero-order chi connectivity index (χ0) is 13.1. The molecule has 0 saturated heterocycles. The van der Waals surface area contributed by atoms with Crippen LogP contribution in [0.5, 0.6) is 5.75 Å². The molecule has 96 valence electrons. The van der Waals surface area contributed by atoms with Crippen LogP contribution in [0.15, 0.2) is 42.0 Å². The minimum absolute atomic E-state index is 0.635. The highest BCUT2D eigenvalue weighted by Crippen LogP contribution is 2.30. The first-order valence-electron chi connectivity index (χ1n) is 6.05. The van der Waals surface area contributed by atoms with Gasteiger partial charge < -0.3 is 10.1 Å². The molecule has 0 aliphatic heterocycles. The molecule has 0 bridgehead atoms. The fourth-order valence-electron chi connectivity index (χ4n) is 1.87. The lowest BCUT2D eigenvalue weighted by Crippen LogP contribution is -1.99. The van der Waals surface area contributed by atoms with Gasteiger partial charge in [0, 0.05) is 0 Å². The Bertz CT molecular complexity index is 696. The van der Waals surface area contributed by atoms with Crippen molar-refractivity contribution in [3.63, 3.8) is 0 Å².